The van der Waals surface area contributed by atoms with Crippen LogP contribution in [0.1, 0.15) is 37.3 Å². The molecule has 2 aromatic heterocycles. The predicted molar refractivity (Wildman–Crippen MR) is 163 cm³/mol. The van der Waals surface area contributed by atoms with Gasteiger partial charge in [-0.15, -0.1) is 0 Å². The van der Waals surface area contributed by atoms with Crippen LogP contribution in [-0.4, -0.2) is 66.8 Å². The number of rotatable bonds is 10. The van der Waals surface area contributed by atoms with Gasteiger partial charge in [0.2, 0.25) is 5.72 Å². The van der Waals surface area contributed by atoms with Gasteiger partial charge >= 0.3 is 23.6 Å². The van der Waals surface area contributed by atoms with E-state index >= 15 is 0 Å². The second-order valence-electron chi connectivity index (χ2n) is 10.2. The Balaban J connectivity index is 1.45. The van der Waals surface area contributed by atoms with Crippen molar-refractivity contribution in [3.63, 3.8) is 0 Å². The van der Waals surface area contributed by atoms with E-state index in [0.717, 1.165) is 4.57 Å². The van der Waals surface area contributed by atoms with Gasteiger partial charge < -0.3 is 18.9 Å². The third-order valence-corrected chi connectivity index (χ3v) is 7.22. The summed E-state index contributed by atoms with van der Waals surface area (Å²) in [6.45, 7) is -0.813. The number of carbonyl (C=O) groups is 3. The van der Waals surface area contributed by atoms with Gasteiger partial charge in [-0.05, 0) is 48.0 Å². The van der Waals surface area contributed by atoms with Crippen LogP contribution in [-0.2, 0) is 18.9 Å². The molecule has 0 spiro atoms. The van der Waals surface area contributed by atoms with Gasteiger partial charge in [-0.1, -0.05) is 59.7 Å². The standard InChI is InChI=1S/C32H24N8O8/c33-38-37-32(18-45-28(41)21-10-4-1-5-11-21)26(47-30(43)23-14-8-3-9-15-23)25(46-29(42)22-12-6-2-7-13-22)27(48-32)39-17-16-24(36-31(39)44)40-20-34-19-35-40/h1-17,19-20,25-27H,18H2. The molecule has 1 fully saturated rings. The summed E-state index contributed by atoms with van der Waals surface area (Å²) < 4.78 is 25.7. The third-order valence-electron chi connectivity index (χ3n) is 7.22. The molecule has 0 N–H and O–H groups in total. The highest BCUT2D eigenvalue weighted by molar-refractivity contribution is 5.91. The van der Waals surface area contributed by atoms with Crippen molar-refractivity contribution in [1.29, 1.82) is 0 Å². The molecule has 4 unspecified atom stereocenters. The summed E-state index contributed by atoms with van der Waals surface area (Å²) in [5, 5.41) is 7.76. The summed E-state index contributed by atoms with van der Waals surface area (Å²) >= 11 is 0. The molecule has 1 saturated heterocycles. The zero-order chi connectivity index (χ0) is 33.5. The molecule has 5 aromatic rings. The van der Waals surface area contributed by atoms with Gasteiger partial charge in [-0.2, -0.15) is 10.1 Å². The largest absolute Gasteiger partial charge is 0.459 e. The van der Waals surface area contributed by atoms with Gasteiger partial charge in [0.05, 0.1) is 16.7 Å². The van der Waals surface area contributed by atoms with Gasteiger partial charge in [-0.25, -0.2) is 28.8 Å². The number of nitrogens with zero attached hydrogens (tertiary/aromatic N) is 8. The molecule has 0 bridgehead atoms. The van der Waals surface area contributed by atoms with Crippen molar-refractivity contribution >= 4 is 17.9 Å². The van der Waals surface area contributed by atoms with Crippen molar-refractivity contribution < 1.29 is 33.3 Å². The summed E-state index contributed by atoms with van der Waals surface area (Å²) in [5.74, 6) is -2.51. The molecule has 1 aliphatic rings. The van der Waals surface area contributed by atoms with E-state index in [1.54, 1.807) is 54.6 Å². The monoisotopic (exact) mass is 648 g/mol. The summed E-state index contributed by atoms with van der Waals surface area (Å²) in [4.78, 5) is 64.2. The first-order chi connectivity index (χ1) is 23.4. The number of benzene rings is 3. The first-order valence-electron chi connectivity index (χ1n) is 14.3. The van der Waals surface area contributed by atoms with Crippen molar-refractivity contribution in [1.82, 2.24) is 24.3 Å². The maximum atomic E-state index is 13.5. The average molecular weight is 649 g/mol. The molecular weight excluding hydrogens is 624 g/mol. The Kier molecular flexibility index (Phi) is 9.00. The average Bonchev–Trinajstić information content (AvgIpc) is 3.76. The Morgan fingerprint density at radius 2 is 1.44 bits per heavy atom. The van der Waals surface area contributed by atoms with Gasteiger partial charge in [0.25, 0.3) is 0 Å². The maximum absolute atomic E-state index is 13.5. The molecule has 3 heterocycles. The van der Waals surface area contributed by atoms with Crippen LogP contribution in [0, 0.1) is 0 Å². The highest BCUT2D eigenvalue weighted by atomic mass is 16.7. The number of aromatic nitrogens is 5. The topological polar surface area (TPSA) is 202 Å². The minimum absolute atomic E-state index is 0.0984. The summed E-state index contributed by atoms with van der Waals surface area (Å²) in [6.07, 6.45) is -1.17. The van der Waals surface area contributed by atoms with Crippen LogP contribution in [0.25, 0.3) is 16.3 Å². The van der Waals surface area contributed by atoms with Crippen LogP contribution in [0.5, 0.6) is 0 Å². The lowest BCUT2D eigenvalue weighted by atomic mass is 10.0. The fourth-order valence-corrected chi connectivity index (χ4v) is 4.95. The number of carbonyl (C=O) groups excluding carboxylic acids is 3. The van der Waals surface area contributed by atoms with Crippen LogP contribution in [0.3, 0.4) is 0 Å². The van der Waals surface area contributed by atoms with E-state index in [1.807, 2.05) is 0 Å². The molecule has 4 atom stereocenters. The van der Waals surface area contributed by atoms with Crippen LogP contribution in [0.2, 0.25) is 0 Å². The molecule has 240 valence electrons. The molecule has 6 rings (SSSR count). The van der Waals surface area contributed by atoms with Crippen molar-refractivity contribution in [2.75, 3.05) is 6.61 Å². The number of azide groups is 1. The fourth-order valence-electron chi connectivity index (χ4n) is 4.95. The summed E-state index contributed by atoms with van der Waals surface area (Å²) in [5.41, 5.74) is 6.87. The van der Waals surface area contributed by atoms with Crippen molar-refractivity contribution in [3.05, 3.63) is 154 Å². The smallest absolute Gasteiger partial charge is 0.351 e. The summed E-state index contributed by atoms with van der Waals surface area (Å²) in [6, 6.07) is 25.1. The first-order valence-corrected chi connectivity index (χ1v) is 14.3. The zero-order valence-corrected chi connectivity index (χ0v) is 24.8. The second-order valence-corrected chi connectivity index (χ2v) is 10.2. The van der Waals surface area contributed by atoms with E-state index in [0.29, 0.717) is 0 Å². The molecule has 48 heavy (non-hydrogen) atoms. The van der Waals surface area contributed by atoms with Gasteiger partial charge in [0, 0.05) is 11.1 Å². The molecule has 0 amide bonds. The molecule has 0 radical (unpaired) electrons. The quantitative estimate of drug-likeness (QED) is 0.0703. The molecule has 16 nitrogen and oxygen atoms in total. The predicted octanol–water partition coefficient (Wildman–Crippen LogP) is 3.67. The SMILES string of the molecule is [N-]=[N+]=NC1(COC(=O)c2ccccc2)OC(n2ccc(-n3cncn3)nc2=O)C(OC(=O)c2ccccc2)C1OC(=O)c1ccccc1. The lowest BCUT2D eigenvalue weighted by Gasteiger charge is -2.29. The Bertz CT molecular complexity index is 2020. The Hall–Kier alpha value is -6.64. The lowest BCUT2D eigenvalue weighted by Crippen LogP contribution is -2.49. The highest BCUT2D eigenvalue weighted by Gasteiger charge is 2.61. The van der Waals surface area contributed by atoms with E-state index in [1.165, 1.54) is 66.0 Å². The minimum Gasteiger partial charge on any atom is -0.459 e. The molecule has 0 aliphatic carbocycles. The van der Waals surface area contributed by atoms with E-state index in [9.17, 15) is 24.7 Å². The Morgan fingerprint density at radius 3 is 1.98 bits per heavy atom. The molecule has 3 aromatic carbocycles. The molecule has 1 aliphatic heterocycles. The molecular formula is C32H24N8O8. The maximum Gasteiger partial charge on any atom is 0.351 e. The highest BCUT2D eigenvalue weighted by Crippen LogP contribution is 2.43. The van der Waals surface area contributed by atoms with Gasteiger partial charge in [-0.3, -0.25) is 4.57 Å². The van der Waals surface area contributed by atoms with E-state index in [2.05, 4.69) is 25.1 Å². The van der Waals surface area contributed by atoms with Crippen molar-refractivity contribution in [2.45, 2.75) is 24.2 Å². The first kappa shape index (κ1) is 31.3. The number of hydrogen-bond donors (Lipinski definition) is 0. The van der Waals surface area contributed by atoms with Crippen LogP contribution in [0.15, 0.2) is 126 Å². The normalized spacial score (nSPS) is 19.9. The van der Waals surface area contributed by atoms with Crippen molar-refractivity contribution in [3.8, 4) is 5.82 Å². The lowest BCUT2D eigenvalue weighted by molar-refractivity contribution is -0.129. The molecule has 0 saturated carbocycles. The second kappa shape index (κ2) is 13.8. The van der Waals surface area contributed by atoms with Gasteiger partial charge in [0.1, 0.15) is 19.3 Å². The Morgan fingerprint density at radius 1 is 0.854 bits per heavy atom. The van der Waals surface area contributed by atoms with Crippen LogP contribution < -0.4 is 5.69 Å². The van der Waals surface area contributed by atoms with E-state index in [4.69, 9.17) is 18.9 Å². The third kappa shape index (κ3) is 6.50. The minimum atomic E-state index is -2.35. The van der Waals surface area contributed by atoms with E-state index < -0.39 is 54.4 Å². The van der Waals surface area contributed by atoms with Crippen molar-refractivity contribution in [2.24, 2.45) is 5.11 Å². The zero-order valence-electron chi connectivity index (χ0n) is 24.8. The summed E-state index contributed by atoms with van der Waals surface area (Å²) in [7, 11) is 0. The fraction of sp³-hybridized carbons (Fsp3) is 0.156. The number of hydrogen-bond acceptors (Lipinski definition) is 12. The Labute approximate surface area is 270 Å². The number of esters is 3. The molecule has 16 heteroatoms. The number of ether oxygens (including phenoxy) is 4. The van der Waals surface area contributed by atoms with Gasteiger partial charge in [0.15, 0.2) is 24.3 Å². The van der Waals surface area contributed by atoms with E-state index in [-0.39, 0.29) is 22.5 Å². The van der Waals surface area contributed by atoms with Crippen LogP contribution >= 0.6 is 0 Å². The van der Waals surface area contributed by atoms with Crippen LogP contribution in [0.4, 0.5) is 0 Å².